The van der Waals surface area contributed by atoms with Crippen LogP contribution in [0.1, 0.15) is 130 Å². The van der Waals surface area contributed by atoms with Gasteiger partial charge in [-0.1, -0.05) is 0 Å². The first-order valence-corrected chi connectivity index (χ1v) is 16.1. The molecule has 0 spiro atoms. The van der Waals surface area contributed by atoms with E-state index >= 15 is 0 Å². The Kier molecular flexibility index (Phi) is 17.1. The molecule has 0 bridgehead atoms. The molecule has 0 aliphatic carbocycles. The number of hydrogen-bond donors (Lipinski definition) is 0. The summed E-state index contributed by atoms with van der Waals surface area (Å²) in [7, 11) is 0. The summed E-state index contributed by atoms with van der Waals surface area (Å²) in [6.07, 6.45) is 27.7. The van der Waals surface area contributed by atoms with Crippen LogP contribution in [0, 0.1) is 0 Å². The van der Waals surface area contributed by atoms with Crippen molar-refractivity contribution in [3.05, 3.63) is 0 Å². The predicted octanol–water partition coefficient (Wildman–Crippen LogP) is 10.0. The third kappa shape index (κ3) is 13.0. The molecule has 0 unspecified atom stereocenters. The van der Waals surface area contributed by atoms with Crippen LogP contribution in [-0.2, 0) is 0 Å². The normalized spacial score (nSPS) is 13.7. The maximum atomic E-state index is 7.65. The molecule has 0 aromatic carbocycles. The maximum absolute atomic E-state index is 7.65. The fourth-order valence-electron chi connectivity index (χ4n) is 4.72. The van der Waals surface area contributed by atoms with Crippen LogP contribution in [-0.4, -0.2) is 24.6 Å². The molecule has 26 heavy (non-hydrogen) atoms. The van der Waals surface area contributed by atoms with Gasteiger partial charge in [0, 0.05) is 0 Å². The van der Waals surface area contributed by atoms with Crippen molar-refractivity contribution in [2.75, 3.05) is 24.6 Å². The van der Waals surface area contributed by atoms with Crippen molar-refractivity contribution < 1.29 is 0 Å². The van der Waals surface area contributed by atoms with Crippen molar-refractivity contribution in [2.24, 2.45) is 0 Å². The van der Waals surface area contributed by atoms with Crippen LogP contribution in [0.15, 0.2) is 0 Å². The third-order valence-electron chi connectivity index (χ3n) is 6.21. The van der Waals surface area contributed by atoms with Crippen LogP contribution in [0.25, 0.3) is 0 Å². The second kappa shape index (κ2) is 16.7. The molecule has 0 rings (SSSR count). The Hall–Kier alpha value is 0.720. The molecule has 0 nitrogen and oxygen atoms in total. The predicted molar refractivity (Wildman–Crippen MR) is 129 cm³/mol. The van der Waals surface area contributed by atoms with Crippen molar-refractivity contribution in [1.29, 1.82) is 0 Å². The average Bonchev–Trinajstić information content (AvgIpc) is 2.61. The van der Waals surface area contributed by atoms with Gasteiger partial charge in [0.1, 0.15) is 0 Å². The van der Waals surface area contributed by atoms with E-state index in [1.165, 1.54) is 127 Å². The van der Waals surface area contributed by atoms with E-state index in [0.717, 1.165) is 0 Å². The van der Waals surface area contributed by atoms with Crippen LogP contribution >= 0.6 is 17.2 Å². The fraction of sp³-hybridized carbons (Fsp3) is 1.00. The molecule has 0 N–H and O–H groups in total. The summed E-state index contributed by atoms with van der Waals surface area (Å²) in [5.41, 5.74) is 0. The first-order valence-electron chi connectivity index (χ1n) is 12.3. The zero-order valence-corrected chi connectivity index (χ0v) is 20.6. The van der Waals surface area contributed by atoms with Crippen molar-refractivity contribution >= 4 is 17.2 Å². The van der Waals surface area contributed by atoms with Gasteiger partial charge >= 0.3 is 172 Å². The van der Waals surface area contributed by atoms with Gasteiger partial charge in [-0.15, -0.1) is 0 Å². The summed E-state index contributed by atoms with van der Waals surface area (Å²) in [5, 5.41) is 0. The van der Waals surface area contributed by atoms with Gasteiger partial charge in [-0.3, -0.25) is 0 Å². The molecule has 0 aliphatic rings. The topological polar surface area (TPSA) is 0 Å². The minimum absolute atomic E-state index is 1.29. The second-order valence-corrected chi connectivity index (χ2v) is 17.3. The molecular formula is C24H52ClP. The van der Waals surface area contributed by atoms with Crippen molar-refractivity contribution in [2.45, 2.75) is 130 Å². The molecule has 0 aliphatic heterocycles. The molecule has 0 fully saturated rings. The molecule has 0 atom stereocenters. The molecule has 2 heteroatoms. The zero-order chi connectivity index (χ0) is 19.6. The van der Waals surface area contributed by atoms with Gasteiger partial charge in [-0.25, -0.2) is 0 Å². The molecule has 0 radical (unpaired) electrons. The van der Waals surface area contributed by atoms with E-state index in [9.17, 15) is 0 Å². The van der Waals surface area contributed by atoms with E-state index in [4.69, 9.17) is 11.2 Å². The number of unbranched alkanes of at least 4 members (excludes halogenated alkanes) is 12. The molecule has 0 saturated carbocycles. The van der Waals surface area contributed by atoms with Gasteiger partial charge in [-0.2, -0.15) is 0 Å². The van der Waals surface area contributed by atoms with Crippen LogP contribution in [0.2, 0.25) is 0 Å². The van der Waals surface area contributed by atoms with Crippen molar-refractivity contribution in [3.63, 3.8) is 0 Å². The van der Waals surface area contributed by atoms with E-state index in [1.54, 1.807) is 0 Å². The summed E-state index contributed by atoms with van der Waals surface area (Å²) in [4.78, 5) is 0. The van der Waals surface area contributed by atoms with Gasteiger partial charge in [-0.05, 0) is 0 Å². The molecule has 0 heterocycles. The van der Waals surface area contributed by atoms with E-state index in [2.05, 4.69) is 27.7 Å². The Morgan fingerprint density at radius 3 is 1.00 bits per heavy atom. The van der Waals surface area contributed by atoms with Gasteiger partial charge in [0.15, 0.2) is 0 Å². The van der Waals surface area contributed by atoms with E-state index < -0.39 is 5.96 Å². The third-order valence-corrected chi connectivity index (χ3v) is 14.2. The minimum atomic E-state index is -1.96. The molecule has 0 aromatic heterocycles. The van der Waals surface area contributed by atoms with Crippen LogP contribution in [0.4, 0.5) is 0 Å². The molecular weight excluding hydrogens is 355 g/mol. The first kappa shape index (κ1) is 26.7. The Morgan fingerprint density at radius 2 is 0.692 bits per heavy atom. The van der Waals surface area contributed by atoms with Crippen LogP contribution in [0.5, 0.6) is 0 Å². The van der Waals surface area contributed by atoms with Gasteiger partial charge in [0.25, 0.3) is 0 Å². The summed E-state index contributed by atoms with van der Waals surface area (Å²) < 4.78 is 0. The SMILES string of the molecule is CCCCCCCCCP(Cl)(CCC)(CCC)CCCCCCCCC. The van der Waals surface area contributed by atoms with Crippen molar-refractivity contribution in [3.8, 4) is 0 Å². The van der Waals surface area contributed by atoms with Gasteiger partial charge in [0.2, 0.25) is 0 Å². The molecule has 0 amide bonds. The Bertz CT molecular complexity index is 275. The Balaban J connectivity index is 4.33. The Labute approximate surface area is 172 Å². The van der Waals surface area contributed by atoms with Gasteiger partial charge in [0.05, 0.1) is 0 Å². The average molecular weight is 407 g/mol. The Morgan fingerprint density at radius 1 is 0.385 bits per heavy atom. The summed E-state index contributed by atoms with van der Waals surface area (Å²) in [6, 6.07) is 0. The number of halogens is 1. The summed E-state index contributed by atoms with van der Waals surface area (Å²) in [6.45, 7) is 9.32. The molecule has 0 aromatic rings. The monoisotopic (exact) mass is 406 g/mol. The quantitative estimate of drug-likeness (QED) is 0.139. The number of rotatable bonds is 20. The second-order valence-electron chi connectivity index (χ2n) is 8.96. The van der Waals surface area contributed by atoms with Crippen LogP contribution in [0.3, 0.4) is 0 Å². The molecule has 160 valence electrons. The molecule has 0 saturated heterocycles. The standard InChI is InChI=1S/C24H52ClP/c1-5-9-11-13-15-17-19-23-26(25,21-7-3,22-8-4)24-20-18-16-14-12-10-6-2/h5-24H2,1-4H3. The summed E-state index contributed by atoms with van der Waals surface area (Å²) in [5.74, 6) is -1.96. The van der Waals surface area contributed by atoms with E-state index in [0.29, 0.717) is 0 Å². The first-order chi connectivity index (χ1) is 12.5. The van der Waals surface area contributed by atoms with Crippen molar-refractivity contribution in [1.82, 2.24) is 0 Å². The zero-order valence-electron chi connectivity index (χ0n) is 19.0. The van der Waals surface area contributed by atoms with E-state index in [-0.39, 0.29) is 0 Å². The van der Waals surface area contributed by atoms with Crippen LogP contribution < -0.4 is 0 Å². The van der Waals surface area contributed by atoms with E-state index in [1.807, 2.05) is 0 Å². The van der Waals surface area contributed by atoms with Gasteiger partial charge < -0.3 is 0 Å². The summed E-state index contributed by atoms with van der Waals surface area (Å²) >= 11 is 7.65. The fourth-order valence-corrected chi connectivity index (χ4v) is 12.1. The number of hydrogen-bond acceptors (Lipinski definition) is 0.